The molecule has 1 saturated heterocycles. The maximum Gasteiger partial charge on any atom is 0.183 e. The molecule has 0 aromatic rings. The van der Waals surface area contributed by atoms with Crippen molar-refractivity contribution in [2.45, 2.75) is 31.0 Å². The molecule has 5 nitrogen and oxygen atoms in total. The van der Waals surface area contributed by atoms with Crippen molar-refractivity contribution in [2.24, 2.45) is 0 Å². The van der Waals surface area contributed by atoms with Gasteiger partial charge in [-0.05, 0) is 0 Å². The molecule has 0 radical (unpaired) electrons. The van der Waals surface area contributed by atoms with E-state index in [4.69, 9.17) is 14.6 Å². The van der Waals surface area contributed by atoms with Crippen LogP contribution in [0.3, 0.4) is 0 Å². The lowest BCUT2D eigenvalue weighted by molar-refractivity contribution is -0.261. The van der Waals surface area contributed by atoms with E-state index in [9.17, 15) is 10.2 Å². The van der Waals surface area contributed by atoms with Crippen LogP contribution in [0.5, 0.6) is 0 Å². The van der Waals surface area contributed by atoms with E-state index in [0.29, 0.717) is 0 Å². The summed E-state index contributed by atoms with van der Waals surface area (Å²) < 4.78 is 9.83. The van der Waals surface area contributed by atoms with Gasteiger partial charge in [0.05, 0.1) is 12.7 Å². The van der Waals surface area contributed by atoms with Crippen LogP contribution in [0.2, 0.25) is 0 Å². The molecule has 1 aliphatic rings. The van der Waals surface area contributed by atoms with Crippen molar-refractivity contribution in [1.82, 2.24) is 0 Å². The summed E-state index contributed by atoms with van der Waals surface area (Å²) in [5.41, 5.74) is 0. The lowest BCUT2D eigenvalue weighted by atomic mass is 10.0. The highest BCUT2D eigenvalue weighted by atomic mass is 16.7. The maximum absolute atomic E-state index is 9.26. The second-order valence-electron chi connectivity index (χ2n) is 2.83. The van der Waals surface area contributed by atoms with Crippen LogP contribution in [0.1, 0.15) is 6.42 Å². The molecule has 1 fully saturated rings. The highest BCUT2D eigenvalue weighted by Crippen LogP contribution is 2.20. The standard InChI is InChI=1S/C7H14O5/c1-11-7-5(10)2-4(9)6(3-8)12-7/h4-10H,2-3H2,1H3/t4-,5-,6?,7?/m0/s1. The number of hydrogen-bond acceptors (Lipinski definition) is 5. The van der Waals surface area contributed by atoms with Gasteiger partial charge in [-0.3, -0.25) is 0 Å². The monoisotopic (exact) mass is 178 g/mol. The van der Waals surface area contributed by atoms with Gasteiger partial charge < -0.3 is 24.8 Å². The van der Waals surface area contributed by atoms with Crippen molar-refractivity contribution in [3.63, 3.8) is 0 Å². The molecule has 1 rings (SSSR count). The summed E-state index contributed by atoms with van der Waals surface area (Å²) >= 11 is 0. The lowest BCUT2D eigenvalue weighted by Crippen LogP contribution is -2.49. The highest BCUT2D eigenvalue weighted by Gasteiger charge is 2.35. The molecule has 0 aromatic carbocycles. The van der Waals surface area contributed by atoms with Crippen LogP contribution >= 0.6 is 0 Å². The Labute approximate surface area is 70.5 Å². The third kappa shape index (κ3) is 1.94. The Morgan fingerprint density at radius 2 is 2.08 bits per heavy atom. The van der Waals surface area contributed by atoms with E-state index < -0.39 is 24.6 Å². The van der Waals surface area contributed by atoms with Crippen LogP contribution in [0.25, 0.3) is 0 Å². The molecule has 0 bridgehead atoms. The Balaban J connectivity index is 2.50. The number of methoxy groups -OCH3 is 1. The molecule has 1 aliphatic heterocycles. The largest absolute Gasteiger partial charge is 0.394 e. The zero-order chi connectivity index (χ0) is 9.14. The minimum atomic E-state index is -0.826. The first-order valence-corrected chi connectivity index (χ1v) is 3.84. The predicted octanol–water partition coefficient (Wildman–Crippen LogP) is -1.54. The van der Waals surface area contributed by atoms with E-state index in [1.54, 1.807) is 0 Å². The average molecular weight is 178 g/mol. The fourth-order valence-corrected chi connectivity index (χ4v) is 1.24. The van der Waals surface area contributed by atoms with Gasteiger partial charge in [-0.1, -0.05) is 0 Å². The Hall–Kier alpha value is -0.200. The van der Waals surface area contributed by atoms with Gasteiger partial charge >= 0.3 is 0 Å². The van der Waals surface area contributed by atoms with E-state index in [1.807, 2.05) is 0 Å². The number of hydrogen-bond donors (Lipinski definition) is 3. The molecule has 0 saturated carbocycles. The molecule has 2 unspecified atom stereocenters. The number of rotatable bonds is 2. The molecule has 5 heteroatoms. The zero-order valence-corrected chi connectivity index (χ0v) is 6.88. The Morgan fingerprint density at radius 3 is 2.58 bits per heavy atom. The molecular formula is C7H14O5. The fourth-order valence-electron chi connectivity index (χ4n) is 1.24. The molecule has 0 spiro atoms. The summed E-state index contributed by atoms with van der Waals surface area (Å²) in [6.45, 7) is -0.270. The molecule has 0 amide bonds. The molecule has 0 aromatic heterocycles. The first-order valence-electron chi connectivity index (χ1n) is 3.84. The van der Waals surface area contributed by atoms with Crippen LogP contribution in [0.15, 0.2) is 0 Å². The third-order valence-corrected chi connectivity index (χ3v) is 1.95. The van der Waals surface area contributed by atoms with Gasteiger partial charge in [0, 0.05) is 13.5 Å². The van der Waals surface area contributed by atoms with E-state index in [-0.39, 0.29) is 13.0 Å². The minimum Gasteiger partial charge on any atom is -0.394 e. The highest BCUT2D eigenvalue weighted by molar-refractivity contribution is 4.80. The summed E-state index contributed by atoms with van der Waals surface area (Å²) in [5, 5.41) is 27.3. The third-order valence-electron chi connectivity index (χ3n) is 1.95. The Morgan fingerprint density at radius 1 is 1.42 bits per heavy atom. The normalized spacial score (nSPS) is 43.0. The lowest BCUT2D eigenvalue weighted by Gasteiger charge is -2.35. The summed E-state index contributed by atoms with van der Waals surface area (Å²) in [4.78, 5) is 0. The number of aliphatic hydroxyl groups is 3. The van der Waals surface area contributed by atoms with E-state index in [0.717, 1.165) is 0 Å². The van der Waals surface area contributed by atoms with Crippen molar-refractivity contribution in [3.05, 3.63) is 0 Å². The van der Waals surface area contributed by atoms with E-state index >= 15 is 0 Å². The second-order valence-corrected chi connectivity index (χ2v) is 2.83. The van der Waals surface area contributed by atoms with E-state index in [2.05, 4.69) is 0 Å². The van der Waals surface area contributed by atoms with Crippen molar-refractivity contribution in [1.29, 1.82) is 0 Å². The molecule has 4 atom stereocenters. The average Bonchev–Trinajstić information content (AvgIpc) is 2.05. The van der Waals surface area contributed by atoms with Crippen LogP contribution in [0.4, 0.5) is 0 Å². The van der Waals surface area contributed by atoms with Gasteiger partial charge in [0.2, 0.25) is 0 Å². The quantitative estimate of drug-likeness (QED) is 0.477. The van der Waals surface area contributed by atoms with Gasteiger partial charge in [0.15, 0.2) is 6.29 Å². The molecule has 12 heavy (non-hydrogen) atoms. The Bertz CT molecular complexity index is 126. The molecule has 1 heterocycles. The van der Waals surface area contributed by atoms with Gasteiger partial charge in [0.1, 0.15) is 12.2 Å². The second kappa shape index (κ2) is 4.15. The van der Waals surface area contributed by atoms with Crippen molar-refractivity contribution in [3.8, 4) is 0 Å². The van der Waals surface area contributed by atoms with Crippen molar-refractivity contribution in [2.75, 3.05) is 13.7 Å². The molecule has 3 N–H and O–H groups in total. The summed E-state index contributed by atoms with van der Waals surface area (Å²) in [6, 6.07) is 0. The Kier molecular flexibility index (Phi) is 3.42. The van der Waals surface area contributed by atoms with Crippen molar-refractivity contribution >= 4 is 0 Å². The zero-order valence-electron chi connectivity index (χ0n) is 6.88. The fraction of sp³-hybridized carbons (Fsp3) is 1.00. The van der Waals surface area contributed by atoms with Crippen LogP contribution in [0, 0.1) is 0 Å². The predicted molar refractivity (Wildman–Crippen MR) is 39.4 cm³/mol. The summed E-state index contributed by atoms with van der Waals surface area (Å²) in [5.74, 6) is 0. The maximum atomic E-state index is 9.26. The summed E-state index contributed by atoms with van der Waals surface area (Å²) in [6.07, 6.45) is -2.88. The van der Waals surface area contributed by atoms with Gasteiger partial charge in [-0.15, -0.1) is 0 Å². The molecular weight excluding hydrogens is 164 g/mol. The summed E-state index contributed by atoms with van der Waals surface area (Å²) in [7, 11) is 1.40. The first-order chi connectivity index (χ1) is 5.69. The molecule has 72 valence electrons. The van der Waals surface area contributed by atoms with Crippen LogP contribution in [-0.4, -0.2) is 53.6 Å². The topological polar surface area (TPSA) is 79.2 Å². The van der Waals surface area contributed by atoms with Gasteiger partial charge in [-0.25, -0.2) is 0 Å². The SMILES string of the molecule is COC1OC(CO)[C@@H](O)C[C@@H]1O. The minimum absolute atomic E-state index is 0.170. The van der Waals surface area contributed by atoms with Gasteiger partial charge in [0.25, 0.3) is 0 Å². The van der Waals surface area contributed by atoms with Crippen molar-refractivity contribution < 1.29 is 24.8 Å². The number of ether oxygens (including phenoxy) is 2. The molecule has 0 aliphatic carbocycles. The van der Waals surface area contributed by atoms with Crippen LogP contribution in [-0.2, 0) is 9.47 Å². The first kappa shape index (κ1) is 9.88. The van der Waals surface area contributed by atoms with Crippen LogP contribution < -0.4 is 0 Å². The van der Waals surface area contributed by atoms with Gasteiger partial charge in [-0.2, -0.15) is 0 Å². The number of aliphatic hydroxyl groups excluding tert-OH is 3. The van der Waals surface area contributed by atoms with E-state index in [1.165, 1.54) is 7.11 Å². The smallest absolute Gasteiger partial charge is 0.183 e.